The molecule has 0 atom stereocenters. The van der Waals surface area contributed by atoms with E-state index in [1.54, 1.807) is 30.0 Å². The van der Waals surface area contributed by atoms with Gasteiger partial charge < -0.3 is 10.1 Å². The van der Waals surface area contributed by atoms with Crippen molar-refractivity contribution in [1.29, 1.82) is 0 Å². The molecule has 3 aromatic rings. The van der Waals surface area contributed by atoms with E-state index in [1.807, 2.05) is 32.0 Å². The largest absolute Gasteiger partial charge is 0.495 e. The molecule has 1 amide bonds. The Balaban J connectivity index is 1.91. The van der Waals surface area contributed by atoms with Crippen molar-refractivity contribution >= 4 is 17.2 Å². The summed E-state index contributed by atoms with van der Waals surface area (Å²) in [5.41, 5.74) is 3.53. The number of nitrogens with zero attached hydrogens (tertiary/aromatic N) is 3. The van der Waals surface area contributed by atoms with Gasteiger partial charge in [0.15, 0.2) is 5.65 Å². The quantitative estimate of drug-likeness (QED) is 0.806. The van der Waals surface area contributed by atoms with Crippen LogP contribution in [0.3, 0.4) is 0 Å². The maximum absolute atomic E-state index is 12.4. The van der Waals surface area contributed by atoms with E-state index in [0.717, 1.165) is 11.3 Å². The Morgan fingerprint density at radius 3 is 2.82 bits per heavy atom. The average molecular weight is 296 g/mol. The number of carbonyl (C=O) groups is 1. The first kappa shape index (κ1) is 14.1. The lowest BCUT2D eigenvalue weighted by Crippen LogP contribution is -2.15. The summed E-state index contributed by atoms with van der Waals surface area (Å²) in [6, 6.07) is 9.02. The Morgan fingerprint density at radius 1 is 1.23 bits per heavy atom. The van der Waals surface area contributed by atoms with E-state index in [1.165, 1.54) is 0 Å². The maximum atomic E-state index is 12.4. The maximum Gasteiger partial charge on any atom is 0.276 e. The average Bonchev–Trinajstić information content (AvgIpc) is 2.86. The number of carbonyl (C=O) groups excluding carboxylic acids is 1. The van der Waals surface area contributed by atoms with Crippen LogP contribution in [0.15, 0.2) is 36.5 Å². The van der Waals surface area contributed by atoms with Gasteiger partial charge in [-0.15, -0.1) is 0 Å². The highest BCUT2D eigenvalue weighted by Gasteiger charge is 2.12. The number of aromatic nitrogens is 3. The summed E-state index contributed by atoms with van der Waals surface area (Å²) >= 11 is 0. The third-order valence-corrected chi connectivity index (χ3v) is 3.28. The highest BCUT2D eigenvalue weighted by Crippen LogP contribution is 2.25. The van der Waals surface area contributed by atoms with Crippen molar-refractivity contribution in [2.24, 2.45) is 0 Å². The number of ether oxygens (including phenoxy) is 1. The van der Waals surface area contributed by atoms with Gasteiger partial charge >= 0.3 is 0 Å². The number of nitrogens with one attached hydrogen (secondary N) is 1. The van der Waals surface area contributed by atoms with E-state index in [0.29, 0.717) is 22.8 Å². The normalized spacial score (nSPS) is 10.7. The highest BCUT2D eigenvalue weighted by molar-refractivity contribution is 6.03. The molecule has 1 aromatic carbocycles. The van der Waals surface area contributed by atoms with Crippen LogP contribution < -0.4 is 10.1 Å². The second kappa shape index (κ2) is 5.48. The minimum absolute atomic E-state index is 0.294. The Morgan fingerprint density at radius 2 is 2.05 bits per heavy atom. The van der Waals surface area contributed by atoms with Crippen LogP contribution in [0.5, 0.6) is 5.75 Å². The van der Waals surface area contributed by atoms with Crippen molar-refractivity contribution in [3.63, 3.8) is 0 Å². The summed E-state index contributed by atoms with van der Waals surface area (Å²) in [7, 11) is 1.57. The Labute approximate surface area is 127 Å². The molecule has 0 radical (unpaired) electrons. The van der Waals surface area contributed by atoms with Gasteiger partial charge in [0.2, 0.25) is 0 Å². The first-order valence-corrected chi connectivity index (χ1v) is 6.86. The predicted octanol–water partition coefficient (Wildman–Crippen LogP) is 2.61. The van der Waals surface area contributed by atoms with Crippen molar-refractivity contribution in [2.75, 3.05) is 12.4 Å². The highest BCUT2D eigenvalue weighted by atomic mass is 16.5. The number of fused-ring (bicyclic) bond motifs is 1. The van der Waals surface area contributed by atoms with E-state index in [2.05, 4.69) is 15.4 Å². The van der Waals surface area contributed by atoms with Crippen LogP contribution in [0.25, 0.3) is 5.65 Å². The molecule has 1 N–H and O–H groups in total. The number of aryl methyl sites for hydroxylation is 2. The summed E-state index contributed by atoms with van der Waals surface area (Å²) in [5.74, 6) is 0.315. The fourth-order valence-electron chi connectivity index (χ4n) is 2.23. The number of anilines is 1. The topological polar surface area (TPSA) is 68.5 Å². The Kier molecular flexibility index (Phi) is 3.50. The van der Waals surface area contributed by atoms with E-state index < -0.39 is 0 Å². The summed E-state index contributed by atoms with van der Waals surface area (Å²) in [6.45, 7) is 3.83. The zero-order valence-corrected chi connectivity index (χ0v) is 12.6. The molecular formula is C16H16N4O2. The second-order valence-electron chi connectivity index (χ2n) is 5.06. The van der Waals surface area contributed by atoms with Gasteiger partial charge in [0.05, 0.1) is 24.7 Å². The van der Waals surface area contributed by atoms with Gasteiger partial charge in [-0.2, -0.15) is 5.10 Å². The zero-order chi connectivity index (χ0) is 15.7. The number of methoxy groups -OCH3 is 1. The van der Waals surface area contributed by atoms with Crippen LogP contribution in [-0.2, 0) is 0 Å². The van der Waals surface area contributed by atoms with E-state index in [-0.39, 0.29) is 5.91 Å². The summed E-state index contributed by atoms with van der Waals surface area (Å²) < 4.78 is 6.86. The molecule has 3 rings (SSSR count). The SMILES string of the molecule is COc1ccc(C)cc1NC(=O)c1ccc2nc(C)cn2n1. The van der Waals surface area contributed by atoms with Gasteiger partial charge in [0.25, 0.3) is 5.91 Å². The lowest BCUT2D eigenvalue weighted by molar-refractivity contribution is 0.102. The molecule has 2 heterocycles. The number of rotatable bonds is 3. The Bertz CT molecular complexity index is 854. The number of imidazole rings is 1. The minimum Gasteiger partial charge on any atom is -0.495 e. The molecule has 6 heteroatoms. The summed E-state index contributed by atoms with van der Waals surface area (Å²) in [6.07, 6.45) is 1.78. The Hall–Kier alpha value is -2.89. The van der Waals surface area contributed by atoms with Gasteiger partial charge in [0.1, 0.15) is 11.4 Å². The first-order chi connectivity index (χ1) is 10.6. The van der Waals surface area contributed by atoms with Crippen LogP contribution >= 0.6 is 0 Å². The predicted molar refractivity (Wildman–Crippen MR) is 83.4 cm³/mol. The molecule has 0 aliphatic rings. The van der Waals surface area contributed by atoms with Crippen molar-refractivity contribution in [2.45, 2.75) is 13.8 Å². The fraction of sp³-hybridized carbons (Fsp3) is 0.188. The third kappa shape index (κ3) is 2.63. The smallest absolute Gasteiger partial charge is 0.276 e. The molecule has 0 spiro atoms. The molecule has 0 saturated heterocycles. The number of hydrogen-bond acceptors (Lipinski definition) is 4. The van der Waals surface area contributed by atoms with E-state index in [4.69, 9.17) is 4.74 Å². The number of amides is 1. The van der Waals surface area contributed by atoms with Crippen LogP contribution in [0.1, 0.15) is 21.7 Å². The summed E-state index contributed by atoms with van der Waals surface area (Å²) in [4.78, 5) is 16.7. The molecule has 2 aromatic heterocycles. The first-order valence-electron chi connectivity index (χ1n) is 6.86. The molecule has 0 saturated carbocycles. The molecule has 6 nitrogen and oxygen atoms in total. The van der Waals surface area contributed by atoms with Crippen molar-refractivity contribution < 1.29 is 9.53 Å². The van der Waals surface area contributed by atoms with Crippen LogP contribution in [0.2, 0.25) is 0 Å². The molecule has 0 bridgehead atoms. The fourth-order valence-corrected chi connectivity index (χ4v) is 2.23. The van der Waals surface area contributed by atoms with Crippen LogP contribution in [0.4, 0.5) is 5.69 Å². The summed E-state index contributed by atoms with van der Waals surface area (Å²) in [5, 5.41) is 7.10. The third-order valence-electron chi connectivity index (χ3n) is 3.28. The van der Waals surface area contributed by atoms with Gasteiger partial charge in [0, 0.05) is 0 Å². The van der Waals surface area contributed by atoms with Gasteiger partial charge in [-0.25, -0.2) is 9.50 Å². The molecule has 0 fully saturated rings. The van der Waals surface area contributed by atoms with Crippen LogP contribution in [0, 0.1) is 13.8 Å². The number of hydrogen-bond donors (Lipinski definition) is 1. The monoisotopic (exact) mass is 296 g/mol. The van der Waals surface area contributed by atoms with E-state index in [9.17, 15) is 4.79 Å². The lowest BCUT2D eigenvalue weighted by atomic mass is 10.2. The second-order valence-corrected chi connectivity index (χ2v) is 5.06. The van der Waals surface area contributed by atoms with Crippen LogP contribution in [-0.4, -0.2) is 27.6 Å². The van der Waals surface area contributed by atoms with Gasteiger partial charge in [-0.3, -0.25) is 4.79 Å². The molecule has 22 heavy (non-hydrogen) atoms. The van der Waals surface area contributed by atoms with Crippen molar-refractivity contribution in [3.05, 3.63) is 53.5 Å². The standard InChI is InChI=1S/C16H16N4O2/c1-10-4-6-14(22-3)13(8-10)18-16(21)12-5-7-15-17-11(2)9-20(15)19-12/h4-9H,1-3H3,(H,18,21). The molecule has 0 aliphatic carbocycles. The van der Waals surface area contributed by atoms with E-state index >= 15 is 0 Å². The van der Waals surface area contributed by atoms with Gasteiger partial charge in [-0.05, 0) is 43.7 Å². The van der Waals surface area contributed by atoms with Crippen molar-refractivity contribution in [1.82, 2.24) is 14.6 Å². The number of benzene rings is 1. The lowest BCUT2D eigenvalue weighted by Gasteiger charge is -2.10. The minimum atomic E-state index is -0.294. The van der Waals surface area contributed by atoms with Crippen molar-refractivity contribution in [3.8, 4) is 5.75 Å². The molecule has 0 aliphatic heterocycles. The molecule has 112 valence electrons. The van der Waals surface area contributed by atoms with Gasteiger partial charge in [-0.1, -0.05) is 6.07 Å². The zero-order valence-electron chi connectivity index (χ0n) is 12.6. The molecule has 0 unspecified atom stereocenters. The molecular weight excluding hydrogens is 280 g/mol.